The van der Waals surface area contributed by atoms with Gasteiger partial charge < -0.3 is 9.88 Å². The number of hydrogen-bond acceptors (Lipinski definition) is 3. The Morgan fingerprint density at radius 1 is 1.28 bits per heavy atom. The topological polar surface area (TPSA) is 42.7 Å². The molecule has 0 amide bonds. The maximum atomic E-state index is 4.55. The van der Waals surface area contributed by atoms with Crippen molar-refractivity contribution >= 4 is 0 Å². The van der Waals surface area contributed by atoms with E-state index in [2.05, 4.69) is 32.1 Å². The molecule has 0 spiro atoms. The summed E-state index contributed by atoms with van der Waals surface area (Å²) >= 11 is 0. The quantitative estimate of drug-likeness (QED) is 0.892. The Labute approximate surface area is 107 Å². The second-order valence-electron chi connectivity index (χ2n) is 4.80. The standard InChI is InChI=1S/C14H18N4/c1-2-12(10-16-5-1)11-18-9-8-17-14(18)13-3-6-15-7-4-13/h1-2,5,8-10,13,15H,3-4,6-7,11H2. The molecule has 3 rings (SSSR count). The van der Waals surface area contributed by atoms with Gasteiger partial charge >= 0.3 is 0 Å². The van der Waals surface area contributed by atoms with Gasteiger partial charge in [0, 0.05) is 30.7 Å². The lowest BCUT2D eigenvalue weighted by Gasteiger charge is -2.23. The van der Waals surface area contributed by atoms with Crippen LogP contribution in [-0.2, 0) is 6.54 Å². The van der Waals surface area contributed by atoms with Gasteiger partial charge in [0.2, 0.25) is 0 Å². The van der Waals surface area contributed by atoms with Crippen molar-refractivity contribution in [1.82, 2.24) is 19.9 Å². The van der Waals surface area contributed by atoms with E-state index in [1.165, 1.54) is 24.2 Å². The fourth-order valence-corrected chi connectivity index (χ4v) is 2.58. The van der Waals surface area contributed by atoms with Crippen molar-refractivity contribution in [2.24, 2.45) is 0 Å². The molecule has 1 saturated heterocycles. The maximum Gasteiger partial charge on any atom is 0.112 e. The predicted molar refractivity (Wildman–Crippen MR) is 70.4 cm³/mol. The molecule has 2 aromatic rings. The maximum absolute atomic E-state index is 4.55. The second-order valence-corrected chi connectivity index (χ2v) is 4.80. The van der Waals surface area contributed by atoms with Crippen molar-refractivity contribution in [3.05, 3.63) is 48.3 Å². The molecule has 0 aliphatic carbocycles. The molecule has 18 heavy (non-hydrogen) atoms. The summed E-state index contributed by atoms with van der Waals surface area (Å²) < 4.78 is 2.26. The minimum atomic E-state index is 0.595. The van der Waals surface area contributed by atoms with E-state index in [9.17, 15) is 0 Å². The summed E-state index contributed by atoms with van der Waals surface area (Å²) in [6, 6.07) is 4.09. The van der Waals surface area contributed by atoms with E-state index in [0.717, 1.165) is 19.6 Å². The minimum absolute atomic E-state index is 0.595. The van der Waals surface area contributed by atoms with Gasteiger partial charge in [0.25, 0.3) is 0 Å². The van der Waals surface area contributed by atoms with Crippen LogP contribution in [0.15, 0.2) is 36.9 Å². The summed E-state index contributed by atoms with van der Waals surface area (Å²) in [7, 11) is 0. The van der Waals surface area contributed by atoms with Crippen LogP contribution in [0.3, 0.4) is 0 Å². The third-order valence-corrected chi connectivity index (χ3v) is 3.53. The second kappa shape index (κ2) is 5.31. The van der Waals surface area contributed by atoms with Crippen LogP contribution in [0.25, 0.3) is 0 Å². The number of hydrogen-bond donors (Lipinski definition) is 1. The van der Waals surface area contributed by atoms with Crippen molar-refractivity contribution in [3.63, 3.8) is 0 Å². The van der Waals surface area contributed by atoms with Crippen molar-refractivity contribution in [2.75, 3.05) is 13.1 Å². The van der Waals surface area contributed by atoms with Crippen LogP contribution in [0, 0.1) is 0 Å². The first-order valence-corrected chi connectivity index (χ1v) is 6.54. The summed E-state index contributed by atoms with van der Waals surface area (Å²) in [6.07, 6.45) is 10.1. The average Bonchev–Trinajstić information content (AvgIpc) is 2.89. The van der Waals surface area contributed by atoms with Gasteiger partial charge in [0.15, 0.2) is 0 Å². The number of nitrogens with zero attached hydrogens (tertiary/aromatic N) is 3. The van der Waals surface area contributed by atoms with Crippen LogP contribution in [0.5, 0.6) is 0 Å². The molecule has 3 heterocycles. The molecule has 0 bridgehead atoms. The molecule has 0 saturated carbocycles. The molecule has 1 aliphatic rings. The molecule has 0 aromatic carbocycles. The zero-order valence-corrected chi connectivity index (χ0v) is 10.4. The lowest BCUT2D eigenvalue weighted by Crippen LogP contribution is -2.28. The number of rotatable bonds is 3. The van der Waals surface area contributed by atoms with Crippen LogP contribution in [0.4, 0.5) is 0 Å². The molecule has 4 nitrogen and oxygen atoms in total. The molecule has 0 unspecified atom stereocenters. The highest BCUT2D eigenvalue weighted by Crippen LogP contribution is 2.24. The van der Waals surface area contributed by atoms with Crippen molar-refractivity contribution in [3.8, 4) is 0 Å². The van der Waals surface area contributed by atoms with Crippen molar-refractivity contribution in [2.45, 2.75) is 25.3 Å². The normalized spacial score (nSPS) is 16.9. The largest absolute Gasteiger partial charge is 0.330 e. The Balaban J connectivity index is 1.78. The van der Waals surface area contributed by atoms with Gasteiger partial charge in [-0.25, -0.2) is 4.98 Å². The highest BCUT2D eigenvalue weighted by molar-refractivity contribution is 5.12. The van der Waals surface area contributed by atoms with E-state index >= 15 is 0 Å². The van der Waals surface area contributed by atoms with Gasteiger partial charge in [-0.05, 0) is 37.6 Å². The van der Waals surface area contributed by atoms with Crippen LogP contribution < -0.4 is 5.32 Å². The third-order valence-electron chi connectivity index (χ3n) is 3.53. The van der Waals surface area contributed by atoms with E-state index < -0.39 is 0 Å². The zero-order chi connectivity index (χ0) is 12.2. The fraction of sp³-hybridized carbons (Fsp3) is 0.429. The van der Waals surface area contributed by atoms with Crippen LogP contribution in [0.1, 0.15) is 30.1 Å². The molecule has 94 valence electrons. The zero-order valence-electron chi connectivity index (χ0n) is 10.4. The Morgan fingerprint density at radius 2 is 2.17 bits per heavy atom. The third kappa shape index (κ3) is 2.43. The molecular weight excluding hydrogens is 224 g/mol. The Kier molecular flexibility index (Phi) is 3.37. The van der Waals surface area contributed by atoms with Gasteiger partial charge in [-0.1, -0.05) is 6.07 Å². The lowest BCUT2D eigenvalue weighted by molar-refractivity contribution is 0.434. The summed E-state index contributed by atoms with van der Waals surface area (Å²) in [4.78, 5) is 8.71. The summed E-state index contributed by atoms with van der Waals surface area (Å²) in [5, 5.41) is 3.40. The van der Waals surface area contributed by atoms with E-state index in [1.807, 2.05) is 24.7 Å². The van der Waals surface area contributed by atoms with Crippen LogP contribution >= 0.6 is 0 Å². The summed E-state index contributed by atoms with van der Waals surface area (Å²) in [5.41, 5.74) is 1.23. The lowest BCUT2D eigenvalue weighted by atomic mass is 9.97. The van der Waals surface area contributed by atoms with Gasteiger partial charge in [-0.3, -0.25) is 4.98 Å². The SMILES string of the molecule is c1cncc(Cn2ccnc2C2CCNCC2)c1. The first-order valence-electron chi connectivity index (χ1n) is 6.54. The molecule has 4 heteroatoms. The number of nitrogens with one attached hydrogen (secondary N) is 1. The summed E-state index contributed by atoms with van der Waals surface area (Å²) in [6.45, 7) is 3.07. The highest BCUT2D eigenvalue weighted by Gasteiger charge is 2.19. The van der Waals surface area contributed by atoms with E-state index in [4.69, 9.17) is 0 Å². The summed E-state index contributed by atoms with van der Waals surface area (Å²) in [5.74, 6) is 1.82. The first-order chi connectivity index (χ1) is 8.93. The minimum Gasteiger partial charge on any atom is -0.330 e. The molecule has 1 N–H and O–H groups in total. The molecular formula is C14H18N4. The number of imidazole rings is 1. The van der Waals surface area contributed by atoms with Gasteiger partial charge in [-0.15, -0.1) is 0 Å². The Hall–Kier alpha value is -1.68. The molecule has 1 fully saturated rings. The molecule has 0 radical (unpaired) electrons. The monoisotopic (exact) mass is 242 g/mol. The Bertz CT molecular complexity index is 486. The van der Waals surface area contributed by atoms with Crippen molar-refractivity contribution in [1.29, 1.82) is 0 Å². The van der Waals surface area contributed by atoms with E-state index in [0.29, 0.717) is 5.92 Å². The fourth-order valence-electron chi connectivity index (χ4n) is 2.58. The molecule has 1 aliphatic heterocycles. The van der Waals surface area contributed by atoms with Gasteiger partial charge in [0.05, 0.1) is 6.54 Å². The molecule has 2 aromatic heterocycles. The van der Waals surface area contributed by atoms with Gasteiger partial charge in [-0.2, -0.15) is 0 Å². The number of piperidine rings is 1. The van der Waals surface area contributed by atoms with Crippen LogP contribution in [0.2, 0.25) is 0 Å². The van der Waals surface area contributed by atoms with Gasteiger partial charge in [0.1, 0.15) is 5.82 Å². The van der Waals surface area contributed by atoms with E-state index in [-0.39, 0.29) is 0 Å². The molecule has 0 atom stereocenters. The predicted octanol–water partition coefficient (Wildman–Crippen LogP) is 1.79. The first kappa shape index (κ1) is 11.4. The smallest absolute Gasteiger partial charge is 0.112 e. The highest BCUT2D eigenvalue weighted by atomic mass is 15.1. The van der Waals surface area contributed by atoms with Crippen molar-refractivity contribution < 1.29 is 0 Å². The van der Waals surface area contributed by atoms with E-state index in [1.54, 1.807) is 0 Å². The number of pyridine rings is 1. The van der Waals surface area contributed by atoms with Crippen LogP contribution in [-0.4, -0.2) is 27.6 Å². The number of aromatic nitrogens is 3. The Morgan fingerprint density at radius 3 is 2.94 bits per heavy atom. The average molecular weight is 242 g/mol.